The van der Waals surface area contributed by atoms with Crippen LogP contribution in [-0.4, -0.2) is 33.7 Å². The van der Waals surface area contributed by atoms with Crippen molar-refractivity contribution in [3.8, 4) is 0 Å². The zero-order valence-corrected chi connectivity index (χ0v) is 11.7. The van der Waals surface area contributed by atoms with Gasteiger partial charge in [0.05, 0.1) is 5.02 Å². The van der Waals surface area contributed by atoms with E-state index < -0.39 is 10.8 Å². The zero-order valence-electron chi connectivity index (χ0n) is 9.32. The van der Waals surface area contributed by atoms with Crippen LogP contribution < -0.4 is 0 Å². The van der Waals surface area contributed by atoms with Gasteiger partial charge in [0.15, 0.2) is 0 Å². The van der Waals surface area contributed by atoms with E-state index in [9.17, 15) is 4.21 Å². The van der Waals surface area contributed by atoms with E-state index in [-0.39, 0.29) is 0 Å². The summed E-state index contributed by atoms with van der Waals surface area (Å²) >= 11 is 7.61. The molecule has 0 aliphatic carbocycles. The van der Waals surface area contributed by atoms with Crippen molar-refractivity contribution in [2.24, 2.45) is 5.92 Å². The first-order chi connectivity index (χ1) is 7.63. The van der Waals surface area contributed by atoms with Crippen LogP contribution in [0.15, 0.2) is 11.4 Å². The summed E-state index contributed by atoms with van der Waals surface area (Å²) in [5, 5.41) is 2.79. The highest BCUT2D eigenvalue weighted by atomic mass is 35.5. The van der Waals surface area contributed by atoms with Gasteiger partial charge in [-0.25, -0.2) is 0 Å². The molecular weight excluding hydrogens is 262 g/mol. The van der Waals surface area contributed by atoms with Crippen LogP contribution in [0.4, 0.5) is 0 Å². The number of thiophene rings is 1. The Balaban J connectivity index is 1.96. The Hall–Kier alpha value is 0.1000. The molecule has 1 fully saturated rings. The lowest BCUT2D eigenvalue weighted by Crippen LogP contribution is -2.28. The molecule has 1 aliphatic heterocycles. The molecule has 90 valence electrons. The lowest BCUT2D eigenvalue weighted by molar-refractivity contribution is 0.259. The lowest BCUT2D eigenvalue weighted by atomic mass is 10.2. The Kier molecular flexibility index (Phi) is 4.41. The van der Waals surface area contributed by atoms with Crippen LogP contribution in [0.25, 0.3) is 0 Å². The van der Waals surface area contributed by atoms with Crippen molar-refractivity contribution < 1.29 is 4.21 Å². The molecule has 0 amide bonds. The number of rotatable bonds is 2. The molecule has 1 aliphatic rings. The second-order valence-electron chi connectivity index (χ2n) is 4.38. The molecule has 0 aromatic carbocycles. The van der Waals surface area contributed by atoms with Gasteiger partial charge in [-0.05, 0) is 12.0 Å². The van der Waals surface area contributed by atoms with Gasteiger partial charge in [-0.3, -0.25) is 9.11 Å². The molecular formula is C11H16ClNOS2. The van der Waals surface area contributed by atoms with E-state index in [1.54, 1.807) is 11.3 Å². The topological polar surface area (TPSA) is 20.3 Å². The van der Waals surface area contributed by atoms with Crippen LogP contribution in [0.3, 0.4) is 0 Å². The van der Waals surface area contributed by atoms with Crippen molar-refractivity contribution in [2.75, 3.05) is 24.6 Å². The lowest BCUT2D eigenvalue weighted by Gasteiger charge is -2.20. The monoisotopic (exact) mass is 277 g/mol. The molecule has 0 spiro atoms. The molecule has 16 heavy (non-hydrogen) atoms. The largest absolute Gasteiger partial charge is 0.297 e. The van der Waals surface area contributed by atoms with Crippen molar-refractivity contribution in [3.63, 3.8) is 0 Å². The SMILES string of the molecule is C[C@H]1CN(Cc2cc(Cl)cs2)CC[S@](=O)C1. The summed E-state index contributed by atoms with van der Waals surface area (Å²) in [6.07, 6.45) is 0. The number of hydrogen-bond donors (Lipinski definition) is 0. The van der Waals surface area contributed by atoms with Crippen LogP contribution >= 0.6 is 22.9 Å². The summed E-state index contributed by atoms with van der Waals surface area (Å²) in [5.74, 6) is 2.18. The van der Waals surface area contributed by atoms with Crippen LogP contribution in [-0.2, 0) is 17.3 Å². The number of nitrogens with zero attached hydrogens (tertiary/aromatic N) is 1. The third kappa shape index (κ3) is 3.55. The average Bonchev–Trinajstić information content (AvgIpc) is 2.52. The van der Waals surface area contributed by atoms with Crippen LogP contribution in [0.5, 0.6) is 0 Å². The first kappa shape index (κ1) is 12.6. The molecule has 5 heteroatoms. The third-order valence-electron chi connectivity index (χ3n) is 2.68. The summed E-state index contributed by atoms with van der Waals surface area (Å²) in [5.41, 5.74) is 0. The van der Waals surface area contributed by atoms with Crippen molar-refractivity contribution in [2.45, 2.75) is 13.5 Å². The Morgan fingerprint density at radius 2 is 2.50 bits per heavy atom. The van der Waals surface area contributed by atoms with E-state index >= 15 is 0 Å². The maximum atomic E-state index is 11.6. The summed E-state index contributed by atoms with van der Waals surface area (Å²) in [7, 11) is -0.625. The van der Waals surface area contributed by atoms with Crippen LogP contribution in [0.2, 0.25) is 5.02 Å². The van der Waals surface area contributed by atoms with E-state index in [0.29, 0.717) is 5.92 Å². The van der Waals surface area contributed by atoms with Gasteiger partial charge >= 0.3 is 0 Å². The molecule has 0 radical (unpaired) electrons. The average molecular weight is 278 g/mol. The van der Waals surface area contributed by atoms with Crippen molar-refractivity contribution >= 4 is 33.7 Å². The molecule has 2 atom stereocenters. The van der Waals surface area contributed by atoms with Gasteiger partial charge in [0.2, 0.25) is 0 Å². The molecule has 1 aromatic rings. The van der Waals surface area contributed by atoms with Crippen LogP contribution in [0.1, 0.15) is 11.8 Å². The van der Waals surface area contributed by atoms with Gasteiger partial charge in [0.1, 0.15) is 0 Å². The van der Waals surface area contributed by atoms with E-state index in [1.807, 2.05) is 11.4 Å². The maximum absolute atomic E-state index is 11.6. The Bertz CT molecular complexity index is 380. The predicted octanol–water partition coefficient (Wildman–Crippen LogP) is 2.60. The van der Waals surface area contributed by atoms with Gasteiger partial charge in [-0.2, -0.15) is 0 Å². The molecule has 2 rings (SSSR count). The molecule has 1 aromatic heterocycles. The molecule has 0 unspecified atom stereocenters. The highest BCUT2D eigenvalue weighted by molar-refractivity contribution is 7.85. The van der Waals surface area contributed by atoms with Gasteiger partial charge in [0.25, 0.3) is 0 Å². The van der Waals surface area contributed by atoms with Gasteiger partial charge in [-0.1, -0.05) is 18.5 Å². The minimum Gasteiger partial charge on any atom is -0.297 e. The standard InChI is InChI=1S/C11H16ClNOS2/c1-9-5-13(2-3-16(14)8-9)6-11-4-10(12)7-15-11/h4,7,9H,2-3,5-6,8H2,1H3/t9-,16-/m0/s1. The van der Waals surface area contributed by atoms with Gasteiger partial charge < -0.3 is 0 Å². The minimum absolute atomic E-state index is 0.527. The molecule has 2 nitrogen and oxygen atoms in total. The van der Waals surface area contributed by atoms with E-state index in [4.69, 9.17) is 11.6 Å². The van der Waals surface area contributed by atoms with Crippen molar-refractivity contribution in [1.29, 1.82) is 0 Å². The summed E-state index contributed by atoms with van der Waals surface area (Å²) in [4.78, 5) is 3.68. The number of hydrogen-bond acceptors (Lipinski definition) is 3. The van der Waals surface area contributed by atoms with Gasteiger partial charge in [0, 0.05) is 52.2 Å². The quantitative estimate of drug-likeness (QED) is 0.828. The molecule has 0 bridgehead atoms. The highest BCUT2D eigenvalue weighted by Gasteiger charge is 2.19. The molecule has 2 heterocycles. The first-order valence-corrected chi connectivity index (χ1v) is 8.18. The normalized spacial score (nSPS) is 27.9. The highest BCUT2D eigenvalue weighted by Crippen LogP contribution is 2.21. The first-order valence-electron chi connectivity index (χ1n) is 5.43. The maximum Gasteiger partial charge on any atom is 0.0516 e. The Morgan fingerprint density at radius 3 is 3.19 bits per heavy atom. The molecule has 0 N–H and O–H groups in total. The second kappa shape index (κ2) is 5.63. The summed E-state index contributed by atoms with van der Waals surface area (Å²) in [6.45, 7) is 5.10. The summed E-state index contributed by atoms with van der Waals surface area (Å²) < 4.78 is 11.6. The second-order valence-corrected chi connectivity index (χ2v) is 7.44. The van der Waals surface area contributed by atoms with Crippen molar-refractivity contribution in [1.82, 2.24) is 4.90 Å². The minimum atomic E-state index is -0.625. The van der Waals surface area contributed by atoms with E-state index in [0.717, 1.165) is 36.2 Å². The fraction of sp³-hybridized carbons (Fsp3) is 0.636. The predicted molar refractivity (Wildman–Crippen MR) is 71.6 cm³/mol. The van der Waals surface area contributed by atoms with Gasteiger partial charge in [-0.15, -0.1) is 11.3 Å². The molecule has 0 saturated carbocycles. The Morgan fingerprint density at radius 1 is 1.69 bits per heavy atom. The van der Waals surface area contributed by atoms with E-state index in [2.05, 4.69) is 11.8 Å². The zero-order chi connectivity index (χ0) is 11.5. The smallest absolute Gasteiger partial charge is 0.0516 e. The fourth-order valence-electron chi connectivity index (χ4n) is 2.02. The van der Waals surface area contributed by atoms with Crippen molar-refractivity contribution in [3.05, 3.63) is 21.3 Å². The third-order valence-corrected chi connectivity index (χ3v) is 5.52. The Labute approximate surface area is 108 Å². The fourth-order valence-corrected chi connectivity index (χ4v) is 4.50. The van der Waals surface area contributed by atoms with E-state index in [1.165, 1.54) is 4.88 Å². The summed E-state index contributed by atoms with van der Waals surface area (Å²) in [6, 6.07) is 2.03. The van der Waals surface area contributed by atoms with Crippen LogP contribution in [0, 0.1) is 5.92 Å². The molecule has 1 saturated heterocycles. The number of halogens is 1.